The largest absolute Gasteiger partial charge is 0.478 e. The van der Waals surface area contributed by atoms with Gasteiger partial charge in [-0.15, -0.1) is 0 Å². The van der Waals surface area contributed by atoms with Crippen LogP contribution in [-0.2, 0) is 0 Å². The molecule has 2 aliphatic heterocycles. The second-order valence-electron chi connectivity index (χ2n) is 5.84. The highest BCUT2D eigenvalue weighted by atomic mass is 16.4. The highest BCUT2D eigenvalue weighted by Gasteiger charge is 2.34. The smallest absolute Gasteiger partial charge is 0.337 e. The maximum absolute atomic E-state index is 11.4. The predicted octanol–water partition coefficient (Wildman–Crippen LogP) is 1.84. The number of hydrogen-bond acceptors (Lipinski definition) is 4. The van der Waals surface area contributed by atoms with Crippen LogP contribution in [0.4, 0.5) is 5.69 Å². The molecule has 0 amide bonds. The van der Waals surface area contributed by atoms with Gasteiger partial charge in [-0.3, -0.25) is 9.88 Å². The van der Waals surface area contributed by atoms with Gasteiger partial charge in [-0.05, 0) is 32.4 Å². The quantitative estimate of drug-likeness (QED) is 0.892. The Morgan fingerprint density at radius 2 is 2.25 bits per heavy atom. The van der Waals surface area contributed by atoms with Crippen molar-refractivity contribution >= 4 is 11.7 Å². The third kappa shape index (κ3) is 2.38. The molecule has 0 bridgehead atoms. The summed E-state index contributed by atoms with van der Waals surface area (Å²) < 4.78 is 0. The Hall–Kier alpha value is -1.62. The molecular formula is C15H21N3O2. The van der Waals surface area contributed by atoms with Crippen molar-refractivity contribution in [1.29, 1.82) is 0 Å². The molecule has 0 saturated carbocycles. The highest BCUT2D eigenvalue weighted by molar-refractivity contribution is 5.94. The normalized spacial score (nSPS) is 27.1. The fraction of sp³-hybridized carbons (Fsp3) is 0.600. The van der Waals surface area contributed by atoms with Gasteiger partial charge in [0, 0.05) is 31.4 Å². The van der Waals surface area contributed by atoms with Gasteiger partial charge in [0.25, 0.3) is 0 Å². The van der Waals surface area contributed by atoms with Crippen LogP contribution < -0.4 is 4.90 Å². The standard InChI is InChI=1S/C15H21N3O2/c1-11-9-17-7-3-2-4-12(17)10-18(11)14-8-16-6-5-13(14)15(19)20/h5-6,8,11-12H,2-4,7,9-10H2,1H3,(H,19,20). The van der Waals surface area contributed by atoms with E-state index >= 15 is 0 Å². The maximum Gasteiger partial charge on any atom is 0.337 e. The maximum atomic E-state index is 11.4. The van der Waals surface area contributed by atoms with Crippen LogP contribution in [0, 0.1) is 0 Å². The number of anilines is 1. The Bertz CT molecular complexity index is 506. The van der Waals surface area contributed by atoms with E-state index in [-0.39, 0.29) is 0 Å². The fourth-order valence-corrected chi connectivity index (χ4v) is 3.48. The minimum Gasteiger partial charge on any atom is -0.478 e. The molecule has 0 radical (unpaired) electrons. The number of carboxylic acid groups (broad SMARTS) is 1. The van der Waals surface area contributed by atoms with Crippen LogP contribution in [0.2, 0.25) is 0 Å². The summed E-state index contributed by atoms with van der Waals surface area (Å²) in [6.45, 7) is 5.27. The average Bonchev–Trinajstić information content (AvgIpc) is 2.46. The zero-order valence-corrected chi connectivity index (χ0v) is 11.8. The summed E-state index contributed by atoms with van der Waals surface area (Å²) in [5.41, 5.74) is 1.12. The highest BCUT2D eigenvalue weighted by Crippen LogP contribution is 2.29. The first-order chi connectivity index (χ1) is 9.66. The monoisotopic (exact) mass is 275 g/mol. The molecule has 20 heavy (non-hydrogen) atoms. The van der Waals surface area contributed by atoms with E-state index in [0.717, 1.165) is 18.8 Å². The first-order valence-corrected chi connectivity index (χ1v) is 7.35. The van der Waals surface area contributed by atoms with Crippen molar-refractivity contribution in [2.24, 2.45) is 0 Å². The van der Waals surface area contributed by atoms with Crippen LogP contribution in [0.5, 0.6) is 0 Å². The number of hydrogen-bond donors (Lipinski definition) is 1. The minimum atomic E-state index is -0.874. The van der Waals surface area contributed by atoms with Crippen LogP contribution in [-0.4, -0.2) is 52.7 Å². The number of piperazine rings is 1. The third-order valence-corrected chi connectivity index (χ3v) is 4.53. The predicted molar refractivity (Wildman–Crippen MR) is 77.2 cm³/mol. The van der Waals surface area contributed by atoms with Crippen LogP contribution in [0.3, 0.4) is 0 Å². The lowest BCUT2D eigenvalue weighted by Crippen LogP contribution is -2.59. The molecule has 2 aliphatic rings. The molecule has 3 heterocycles. The molecule has 1 aromatic heterocycles. The lowest BCUT2D eigenvalue weighted by Gasteiger charge is -2.48. The summed E-state index contributed by atoms with van der Waals surface area (Å²) in [4.78, 5) is 20.3. The lowest BCUT2D eigenvalue weighted by molar-refractivity contribution is 0.0696. The van der Waals surface area contributed by atoms with E-state index in [2.05, 4.69) is 21.7 Å². The van der Waals surface area contributed by atoms with E-state index < -0.39 is 5.97 Å². The molecule has 2 atom stereocenters. The number of nitrogens with zero attached hydrogens (tertiary/aromatic N) is 3. The van der Waals surface area contributed by atoms with Crippen molar-refractivity contribution in [3.63, 3.8) is 0 Å². The van der Waals surface area contributed by atoms with Gasteiger partial charge in [-0.2, -0.15) is 0 Å². The summed E-state index contributed by atoms with van der Waals surface area (Å²) in [6, 6.07) is 2.48. The molecule has 108 valence electrons. The van der Waals surface area contributed by atoms with Gasteiger partial charge in [0.2, 0.25) is 0 Å². The van der Waals surface area contributed by atoms with Crippen molar-refractivity contribution in [3.8, 4) is 0 Å². The van der Waals surface area contributed by atoms with Crippen molar-refractivity contribution in [1.82, 2.24) is 9.88 Å². The van der Waals surface area contributed by atoms with Gasteiger partial charge in [0.05, 0.1) is 17.4 Å². The van der Waals surface area contributed by atoms with Crippen LogP contribution >= 0.6 is 0 Å². The summed E-state index contributed by atoms with van der Waals surface area (Å²) >= 11 is 0. The van der Waals surface area contributed by atoms with E-state index in [1.54, 1.807) is 18.5 Å². The van der Waals surface area contributed by atoms with Crippen molar-refractivity contribution in [3.05, 3.63) is 24.0 Å². The number of fused-ring (bicyclic) bond motifs is 1. The second-order valence-corrected chi connectivity index (χ2v) is 5.84. The molecule has 3 rings (SSSR count). The molecule has 1 N–H and O–H groups in total. The Kier molecular flexibility index (Phi) is 3.61. The number of carboxylic acids is 1. The number of aromatic nitrogens is 1. The minimum absolute atomic E-state index is 0.326. The van der Waals surface area contributed by atoms with Gasteiger partial charge in [-0.25, -0.2) is 4.79 Å². The number of pyridine rings is 1. The first kappa shape index (κ1) is 13.4. The Labute approximate surface area is 119 Å². The Morgan fingerprint density at radius 3 is 3.05 bits per heavy atom. The van der Waals surface area contributed by atoms with Crippen LogP contribution in [0.15, 0.2) is 18.5 Å². The van der Waals surface area contributed by atoms with Crippen molar-refractivity contribution in [2.75, 3.05) is 24.5 Å². The van der Waals surface area contributed by atoms with E-state index in [9.17, 15) is 9.90 Å². The Morgan fingerprint density at radius 1 is 1.40 bits per heavy atom. The number of aromatic carboxylic acids is 1. The van der Waals surface area contributed by atoms with E-state index in [4.69, 9.17) is 0 Å². The molecule has 2 fully saturated rings. The van der Waals surface area contributed by atoms with Gasteiger partial charge in [-0.1, -0.05) is 6.42 Å². The molecule has 5 heteroatoms. The molecular weight excluding hydrogens is 254 g/mol. The van der Waals surface area contributed by atoms with Crippen molar-refractivity contribution < 1.29 is 9.90 Å². The van der Waals surface area contributed by atoms with E-state index in [1.807, 2.05) is 0 Å². The van der Waals surface area contributed by atoms with Gasteiger partial charge < -0.3 is 10.0 Å². The number of carbonyl (C=O) groups is 1. The van der Waals surface area contributed by atoms with Crippen LogP contribution in [0.25, 0.3) is 0 Å². The first-order valence-electron chi connectivity index (χ1n) is 7.35. The zero-order valence-electron chi connectivity index (χ0n) is 11.8. The summed E-state index contributed by atoms with van der Waals surface area (Å²) in [7, 11) is 0. The molecule has 0 aromatic carbocycles. The van der Waals surface area contributed by atoms with Crippen molar-refractivity contribution in [2.45, 2.75) is 38.3 Å². The average molecular weight is 275 g/mol. The van der Waals surface area contributed by atoms with Gasteiger partial charge >= 0.3 is 5.97 Å². The van der Waals surface area contributed by atoms with Crippen LogP contribution in [0.1, 0.15) is 36.5 Å². The molecule has 5 nitrogen and oxygen atoms in total. The summed E-state index contributed by atoms with van der Waals surface area (Å²) in [6.07, 6.45) is 7.03. The Balaban J connectivity index is 1.88. The number of piperidine rings is 1. The van der Waals surface area contributed by atoms with Gasteiger partial charge in [0.15, 0.2) is 0 Å². The third-order valence-electron chi connectivity index (χ3n) is 4.53. The van der Waals surface area contributed by atoms with E-state index in [0.29, 0.717) is 17.6 Å². The fourth-order valence-electron chi connectivity index (χ4n) is 3.48. The summed E-state index contributed by atoms with van der Waals surface area (Å²) in [5.74, 6) is -0.874. The summed E-state index contributed by atoms with van der Waals surface area (Å²) in [5, 5.41) is 9.35. The SMILES string of the molecule is CC1CN2CCCCC2CN1c1cnccc1C(=O)O. The lowest BCUT2D eigenvalue weighted by atomic mass is 9.96. The topological polar surface area (TPSA) is 56.7 Å². The molecule has 2 unspecified atom stereocenters. The number of rotatable bonds is 2. The molecule has 0 spiro atoms. The van der Waals surface area contributed by atoms with Gasteiger partial charge in [0.1, 0.15) is 0 Å². The molecule has 2 saturated heterocycles. The van der Waals surface area contributed by atoms with E-state index in [1.165, 1.54) is 25.8 Å². The second kappa shape index (κ2) is 5.40. The molecule has 1 aromatic rings. The zero-order chi connectivity index (χ0) is 14.1. The molecule has 0 aliphatic carbocycles.